The van der Waals surface area contributed by atoms with Gasteiger partial charge in [-0.25, -0.2) is 4.98 Å². The summed E-state index contributed by atoms with van der Waals surface area (Å²) in [5.74, 6) is 0.856. The number of para-hydroxylation sites is 2. The molecule has 0 fully saturated rings. The lowest BCUT2D eigenvalue weighted by Crippen LogP contribution is -2.22. The van der Waals surface area contributed by atoms with Gasteiger partial charge in [-0.05, 0) is 24.1 Å². The fourth-order valence-electron chi connectivity index (χ4n) is 2.60. The van der Waals surface area contributed by atoms with Gasteiger partial charge in [-0.3, -0.25) is 4.79 Å². The molecule has 4 heteroatoms. The van der Waals surface area contributed by atoms with Crippen LogP contribution in [-0.4, -0.2) is 15.5 Å². The molecule has 112 valence electrons. The van der Waals surface area contributed by atoms with Gasteiger partial charge >= 0.3 is 0 Å². The molecule has 2 aromatic carbocycles. The Morgan fingerprint density at radius 1 is 1.09 bits per heavy atom. The molecule has 0 bridgehead atoms. The molecule has 0 radical (unpaired) electrons. The molecular weight excluding hydrogens is 274 g/mol. The zero-order chi connectivity index (χ0) is 15.4. The Kier molecular flexibility index (Phi) is 4.19. The Labute approximate surface area is 129 Å². The zero-order valence-electron chi connectivity index (χ0n) is 12.6. The number of nitrogens with zero attached hydrogens (tertiary/aromatic N) is 2. The maximum atomic E-state index is 11.2. The largest absolute Gasteiger partial charge is 0.349 e. The third-order valence-electron chi connectivity index (χ3n) is 3.70. The molecule has 0 unspecified atom stereocenters. The molecule has 0 aliphatic heterocycles. The monoisotopic (exact) mass is 293 g/mol. The molecule has 0 saturated carbocycles. The number of benzene rings is 2. The fraction of sp³-hybridized carbons (Fsp3) is 0.222. The fourth-order valence-corrected chi connectivity index (χ4v) is 2.60. The van der Waals surface area contributed by atoms with Gasteiger partial charge in [-0.1, -0.05) is 42.5 Å². The Hall–Kier alpha value is -2.62. The highest BCUT2D eigenvalue weighted by molar-refractivity contribution is 5.76. The summed E-state index contributed by atoms with van der Waals surface area (Å²) in [6.45, 7) is 2.83. The van der Waals surface area contributed by atoms with Crippen molar-refractivity contribution in [3.05, 3.63) is 66.0 Å². The summed E-state index contributed by atoms with van der Waals surface area (Å²) < 4.78 is 2.19. The summed E-state index contributed by atoms with van der Waals surface area (Å²) in [7, 11) is 0. The zero-order valence-corrected chi connectivity index (χ0v) is 12.6. The van der Waals surface area contributed by atoms with Crippen molar-refractivity contribution < 1.29 is 4.79 Å². The van der Waals surface area contributed by atoms with Gasteiger partial charge < -0.3 is 9.88 Å². The Bertz CT molecular complexity index is 777. The van der Waals surface area contributed by atoms with Crippen molar-refractivity contribution in [1.82, 2.24) is 14.9 Å². The van der Waals surface area contributed by atoms with Crippen LogP contribution in [0.1, 0.15) is 18.3 Å². The number of hydrogen-bond acceptors (Lipinski definition) is 2. The van der Waals surface area contributed by atoms with Crippen LogP contribution >= 0.6 is 0 Å². The molecule has 3 aromatic rings. The number of aryl methyl sites for hydroxylation is 2. The smallest absolute Gasteiger partial charge is 0.217 e. The lowest BCUT2D eigenvalue weighted by molar-refractivity contribution is -0.119. The number of hydrogen-bond donors (Lipinski definition) is 1. The Morgan fingerprint density at radius 3 is 2.59 bits per heavy atom. The number of fused-ring (bicyclic) bond motifs is 1. The average molecular weight is 293 g/mol. The Morgan fingerprint density at radius 2 is 1.82 bits per heavy atom. The number of nitrogens with one attached hydrogen (secondary N) is 1. The van der Waals surface area contributed by atoms with Crippen molar-refractivity contribution in [1.29, 1.82) is 0 Å². The van der Waals surface area contributed by atoms with Crippen molar-refractivity contribution in [3.8, 4) is 0 Å². The summed E-state index contributed by atoms with van der Waals surface area (Å²) in [4.78, 5) is 15.8. The number of aromatic nitrogens is 2. The number of carbonyl (C=O) groups is 1. The van der Waals surface area contributed by atoms with Crippen molar-refractivity contribution in [2.24, 2.45) is 0 Å². The van der Waals surface area contributed by atoms with Gasteiger partial charge in [0.1, 0.15) is 5.82 Å². The molecule has 3 rings (SSSR count). The summed E-state index contributed by atoms with van der Waals surface area (Å²) in [5.41, 5.74) is 3.38. The molecule has 0 saturated heterocycles. The van der Waals surface area contributed by atoms with Crippen molar-refractivity contribution in [2.45, 2.75) is 26.4 Å². The third-order valence-corrected chi connectivity index (χ3v) is 3.70. The molecule has 0 spiro atoms. The van der Waals surface area contributed by atoms with Crippen molar-refractivity contribution >= 4 is 16.9 Å². The van der Waals surface area contributed by atoms with Gasteiger partial charge in [-0.2, -0.15) is 0 Å². The molecule has 4 nitrogen and oxygen atoms in total. The van der Waals surface area contributed by atoms with E-state index in [4.69, 9.17) is 0 Å². The molecule has 1 N–H and O–H groups in total. The summed E-state index contributed by atoms with van der Waals surface area (Å²) in [6.07, 6.45) is 0.939. The number of rotatable bonds is 5. The third kappa shape index (κ3) is 3.17. The minimum atomic E-state index is -0.0401. The van der Waals surface area contributed by atoms with E-state index in [9.17, 15) is 4.79 Å². The second-order valence-electron chi connectivity index (χ2n) is 5.31. The number of carbonyl (C=O) groups excluding carboxylic acids is 1. The first-order valence-corrected chi connectivity index (χ1v) is 7.46. The minimum absolute atomic E-state index is 0.0401. The quantitative estimate of drug-likeness (QED) is 0.786. The van der Waals surface area contributed by atoms with Gasteiger partial charge in [0.05, 0.1) is 17.6 Å². The second kappa shape index (κ2) is 6.43. The molecule has 0 atom stereocenters. The number of amides is 1. The van der Waals surface area contributed by atoms with Crippen LogP contribution in [0.2, 0.25) is 0 Å². The molecular formula is C18H19N3O. The molecule has 1 amide bonds. The topological polar surface area (TPSA) is 46.9 Å². The predicted molar refractivity (Wildman–Crippen MR) is 87.4 cm³/mol. The highest BCUT2D eigenvalue weighted by Gasteiger charge is 2.10. The first-order chi connectivity index (χ1) is 10.7. The molecule has 22 heavy (non-hydrogen) atoms. The van der Waals surface area contributed by atoms with Crippen LogP contribution in [0.5, 0.6) is 0 Å². The van der Waals surface area contributed by atoms with Gasteiger partial charge in [0.25, 0.3) is 0 Å². The normalized spacial score (nSPS) is 10.8. The minimum Gasteiger partial charge on any atom is -0.349 e. The predicted octanol–water partition coefficient (Wildman–Crippen LogP) is 2.92. The highest BCUT2D eigenvalue weighted by atomic mass is 16.1. The van der Waals surface area contributed by atoms with E-state index in [1.54, 1.807) is 0 Å². The highest BCUT2D eigenvalue weighted by Crippen LogP contribution is 2.17. The molecule has 0 aliphatic rings. The summed E-state index contributed by atoms with van der Waals surface area (Å²) in [6, 6.07) is 18.5. The molecule has 1 heterocycles. The van der Waals surface area contributed by atoms with E-state index in [1.807, 2.05) is 24.3 Å². The first kappa shape index (κ1) is 14.3. The van der Waals surface area contributed by atoms with Crippen LogP contribution in [0, 0.1) is 0 Å². The van der Waals surface area contributed by atoms with Crippen LogP contribution in [0.15, 0.2) is 54.6 Å². The van der Waals surface area contributed by atoms with Gasteiger partial charge in [-0.15, -0.1) is 0 Å². The lowest BCUT2D eigenvalue weighted by Gasteiger charge is -2.09. The van der Waals surface area contributed by atoms with E-state index in [-0.39, 0.29) is 5.91 Å². The van der Waals surface area contributed by atoms with Crippen LogP contribution in [-0.2, 0) is 24.3 Å². The SMILES string of the molecule is CC(=O)NCc1nc2ccccc2n1CCc1ccccc1. The van der Waals surface area contributed by atoms with Crippen molar-refractivity contribution in [3.63, 3.8) is 0 Å². The lowest BCUT2D eigenvalue weighted by atomic mass is 10.1. The Balaban J connectivity index is 1.88. The van der Waals surface area contributed by atoms with Crippen LogP contribution in [0.3, 0.4) is 0 Å². The first-order valence-electron chi connectivity index (χ1n) is 7.46. The van der Waals surface area contributed by atoms with Gasteiger partial charge in [0, 0.05) is 13.5 Å². The van der Waals surface area contributed by atoms with Crippen LogP contribution in [0.25, 0.3) is 11.0 Å². The molecule has 0 aliphatic carbocycles. The number of imidazole rings is 1. The maximum Gasteiger partial charge on any atom is 0.217 e. The molecule has 1 aromatic heterocycles. The van der Waals surface area contributed by atoms with E-state index < -0.39 is 0 Å². The summed E-state index contributed by atoms with van der Waals surface area (Å²) in [5, 5.41) is 2.84. The average Bonchev–Trinajstić information content (AvgIpc) is 2.89. The van der Waals surface area contributed by atoms with E-state index >= 15 is 0 Å². The standard InChI is InChI=1S/C18H19N3O/c1-14(22)19-13-18-20-16-9-5-6-10-17(16)21(18)12-11-15-7-3-2-4-8-15/h2-10H,11-13H2,1H3,(H,19,22). The van der Waals surface area contributed by atoms with Crippen LogP contribution in [0.4, 0.5) is 0 Å². The van der Waals surface area contributed by atoms with Gasteiger partial charge in [0.15, 0.2) is 0 Å². The van der Waals surface area contributed by atoms with Gasteiger partial charge in [0.2, 0.25) is 5.91 Å². The van der Waals surface area contributed by atoms with E-state index in [0.29, 0.717) is 6.54 Å². The van der Waals surface area contributed by atoms with Crippen molar-refractivity contribution in [2.75, 3.05) is 0 Å². The van der Waals surface area contributed by atoms with E-state index in [0.717, 1.165) is 29.8 Å². The maximum absolute atomic E-state index is 11.2. The second-order valence-corrected chi connectivity index (χ2v) is 5.31. The summed E-state index contributed by atoms with van der Waals surface area (Å²) >= 11 is 0. The van der Waals surface area contributed by atoms with E-state index in [1.165, 1.54) is 12.5 Å². The van der Waals surface area contributed by atoms with E-state index in [2.05, 4.69) is 45.2 Å². The van der Waals surface area contributed by atoms with Crippen LogP contribution < -0.4 is 5.32 Å².